The lowest BCUT2D eigenvalue weighted by molar-refractivity contribution is -0.136. The number of halogens is 1. The number of aryl methyl sites for hydroxylation is 1. The molecule has 4 rings (SSSR count). The zero-order valence-electron chi connectivity index (χ0n) is 18.2. The monoisotopic (exact) mass is 450 g/mol. The van der Waals surface area contributed by atoms with Crippen LogP contribution in [0.25, 0.3) is 22.1 Å². The van der Waals surface area contributed by atoms with Crippen molar-refractivity contribution in [2.75, 3.05) is 7.11 Å². The van der Waals surface area contributed by atoms with Crippen molar-refractivity contribution in [1.82, 2.24) is 4.98 Å². The van der Waals surface area contributed by atoms with Crippen LogP contribution in [0.3, 0.4) is 0 Å². The van der Waals surface area contributed by atoms with Gasteiger partial charge < -0.3 is 24.7 Å². The van der Waals surface area contributed by atoms with E-state index < -0.39 is 11.8 Å². The molecule has 0 aliphatic rings. The Morgan fingerprint density at radius 1 is 1.21 bits per heavy atom. The molecule has 0 unspecified atom stereocenters. The SMILES string of the molecule is COc1ccc(CC(=O)O)c(OCc2c(C)oc3ccc(-c4ccnc(CN)c4F)cc23)c1. The number of hydrogen-bond donors (Lipinski definition) is 2. The highest BCUT2D eigenvalue weighted by atomic mass is 19.1. The van der Waals surface area contributed by atoms with Crippen molar-refractivity contribution in [1.29, 1.82) is 0 Å². The van der Waals surface area contributed by atoms with Crippen molar-refractivity contribution >= 4 is 16.9 Å². The van der Waals surface area contributed by atoms with Crippen LogP contribution in [0.1, 0.15) is 22.6 Å². The molecule has 0 radical (unpaired) electrons. The molecule has 2 aromatic carbocycles. The average Bonchev–Trinajstić information content (AvgIpc) is 3.12. The van der Waals surface area contributed by atoms with Gasteiger partial charge in [0.1, 0.15) is 29.4 Å². The van der Waals surface area contributed by atoms with Gasteiger partial charge in [0.05, 0.1) is 19.2 Å². The second-order valence-electron chi connectivity index (χ2n) is 7.50. The van der Waals surface area contributed by atoms with Gasteiger partial charge >= 0.3 is 5.97 Å². The molecule has 7 nitrogen and oxygen atoms in total. The molecule has 3 N–H and O–H groups in total. The molecular formula is C25H23FN2O5. The van der Waals surface area contributed by atoms with Gasteiger partial charge in [-0.05, 0) is 36.8 Å². The van der Waals surface area contributed by atoms with E-state index >= 15 is 0 Å². The number of methoxy groups -OCH3 is 1. The van der Waals surface area contributed by atoms with Crippen LogP contribution in [0.2, 0.25) is 0 Å². The largest absolute Gasteiger partial charge is 0.497 e. The van der Waals surface area contributed by atoms with Gasteiger partial charge in [0, 0.05) is 40.9 Å². The van der Waals surface area contributed by atoms with E-state index in [0.717, 1.165) is 10.9 Å². The predicted molar refractivity (Wildman–Crippen MR) is 121 cm³/mol. The van der Waals surface area contributed by atoms with Gasteiger partial charge in [0.25, 0.3) is 0 Å². The van der Waals surface area contributed by atoms with Gasteiger partial charge in [0.2, 0.25) is 0 Å². The first-order chi connectivity index (χ1) is 15.9. The second-order valence-corrected chi connectivity index (χ2v) is 7.50. The van der Waals surface area contributed by atoms with E-state index in [4.69, 9.17) is 19.6 Å². The topological polar surface area (TPSA) is 108 Å². The lowest BCUT2D eigenvalue weighted by Crippen LogP contribution is -2.05. The zero-order valence-corrected chi connectivity index (χ0v) is 18.2. The molecular weight excluding hydrogens is 427 g/mol. The molecule has 2 heterocycles. The number of aromatic nitrogens is 1. The van der Waals surface area contributed by atoms with Crippen LogP contribution in [0.15, 0.2) is 53.1 Å². The third-order valence-electron chi connectivity index (χ3n) is 5.45. The van der Waals surface area contributed by atoms with E-state index in [1.165, 1.54) is 13.3 Å². The standard InChI is InChI=1S/C25H23FN2O5/c1-14-20(13-32-23-11-17(31-2)5-3-16(23)10-24(29)30)19-9-15(4-6-22(19)33-14)18-7-8-28-21(12-27)25(18)26/h3-9,11H,10,12-13,27H2,1-2H3,(H,29,30). The molecule has 0 spiro atoms. The number of hydrogen-bond acceptors (Lipinski definition) is 6. The Kier molecular flexibility index (Phi) is 6.28. The fraction of sp³-hybridized carbons (Fsp3) is 0.200. The molecule has 0 atom stereocenters. The summed E-state index contributed by atoms with van der Waals surface area (Å²) in [6.45, 7) is 1.96. The third kappa shape index (κ3) is 4.51. The molecule has 0 fully saturated rings. The summed E-state index contributed by atoms with van der Waals surface area (Å²) in [5.41, 5.74) is 8.80. The summed E-state index contributed by atoms with van der Waals surface area (Å²) in [4.78, 5) is 15.2. The molecule has 8 heteroatoms. The number of nitrogens with two attached hydrogens (primary N) is 1. The van der Waals surface area contributed by atoms with E-state index in [1.54, 1.807) is 36.4 Å². The summed E-state index contributed by atoms with van der Waals surface area (Å²) < 4.78 is 31.9. The minimum Gasteiger partial charge on any atom is -0.497 e. The maximum absolute atomic E-state index is 14.8. The number of furan rings is 1. The van der Waals surface area contributed by atoms with Crippen LogP contribution in [-0.2, 0) is 24.4 Å². The van der Waals surface area contributed by atoms with Crippen LogP contribution < -0.4 is 15.2 Å². The smallest absolute Gasteiger partial charge is 0.307 e. The Labute approximate surface area is 189 Å². The summed E-state index contributed by atoms with van der Waals surface area (Å²) >= 11 is 0. The maximum Gasteiger partial charge on any atom is 0.307 e. The van der Waals surface area contributed by atoms with E-state index in [9.17, 15) is 14.3 Å². The Hall–Kier alpha value is -3.91. The molecule has 0 bridgehead atoms. The average molecular weight is 450 g/mol. The van der Waals surface area contributed by atoms with Gasteiger partial charge in [-0.25, -0.2) is 4.39 Å². The summed E-state index contributed by atoms with van der Waals surface area (Å²) in [7, 11) is 1.53. The number of aliphatic carboxylic acids is 1. The van der Waals surface area contributed by atoms with Gasteiger partial charge in [-0.1, -0.05) is 12.1 Å². The minimum atomic E-state index is -0.962. The fourth-order valence-corrected chi connectivity index (χ4v) is 3.73. The van der Waals surface area contributed by atoms with Crippen molar-refractivity contribution in [2.24, 2.45) is 5.73 Å². The summed E-state index contributed by atoms with van der Waals surface area (Å²) in [5.74, 6) is 0.207. The molecule has 0 saturated carbocycles. The molecule has 170 valence electrons. The van der Waals surface area contributed by atoms with Crippen LogP contribution in [-0.4, -0.2) is 23.2 Å². The maximum atomic E-state index is 14.8. The quantitative estimate of drug-likeness (QED) is 0.403. The first-order valence-electron chi connectivity index (χ1n) is 10.3. The van der Waals surface area contributed by atoms with Gasteiger partial charge in [0.15, 0.2) is 5.82 Å². The van der Waals surface area contributed by atoms with Crippen molar-refractivity contribution < 1.29 is 28.2 Å². The lowest BCUT2D eigenvalue weighted by atomic mass is 10.0. The van der Waals surface area contributed by atoms with Crippen molar-refractivity contribution in [3.8, 4) is 22.6 Å². The van der Waals surface area contributed by atoms with Crippen LogP contribution in [0, 0.1) is 12.7 Å². The number of carboxylic acid groups (broad SMARTS) is 1. The van der Waals surface area contributed by atoms with Crippen molar-refractivity contribution in [3.63, 3.8) is 0 Å². The number of carboxylic acids is 1. The minimum absolute atomic E-state index is 0.00500. The molecule has 2 aromatic heterocycles. The third-order valence-corrected chi connectivity index (χ3v) is 5.45. The van der Waals surface area contributed by atoms with E-state index in [0.29, 0.717) is 39.5 Å². The Balaban J connectivity index is 1.70. The summed E-state index contributed by atoms with van der Waals surface area (Å²) in [6.07, 6.45) is 1.35. The van der Waals surface area contributed by atoms with Crippen molar-refractivity contribution in [2.45, 2.75) is 26.5 Å². The molecule has 0 saturated heterocycles. The normalized spacial score (nSPS) is 11.0. The Morgan fingerprint density at radius 3 is 2.76 bits per heavy atom. The molecule has 33 heavy (non-hydrogen) atoms. The first kappa shape index (κ1) is 22.3. The van der Waals surface area contributed by atoms with E-state index in [-0.39, 0.29) is 25.3 Å². The highest BCUT2D eigenvalue weighted by Gasteiger charge is 2.17. The van der Waals surface area contributed by atoms with Crippen LogP contribution >= 0.6 is 0 Å². The Bertz CT molecular complexity index is 1330. The second kappa shape index (κ2) is 9.30. The first-order valence-corrected chi connectivity index (χ1v) is 10.3. The number of carbonyl (C=O) groups is 1. The molecule has 0 amide bonds. The number of benzene rings is 2. The fourth-order valence-electron chi connectivity index (χ4n) is 3.73. The van der Waals surface area contributed by atoms with E-state index in [2.05, 4.69) is 4.98 Å². The van der Waals surface area contributed by atoms with Gasteiger partial charge in [-0.15, -0.1) is 0 Å². The number of fused-ring (bicyclic) bond motifs is 1. The Morgan fingerprint density at radius 2 is 2.03 bits per heavy atom. The summed E-state index contributed by atoms with van der Waals surface area (Å²) in [5, 5.41) is 9.99. The molecule has 0 aliphatic carbocycles. The highest BCUT2D eigenvalue weighted by molar-refractivity contribution is 5.87. The molecule has 4 aromatic rings. The van der Waals surface area contributed by atoms with Crippen LogP contribution in [0.4, 0.5) is 4.39 Å². The zero-order chi connectivity index (χ0) is 23.5. The summed E-state index contributed by atoms with van der Waals surface area (Å²) in [6, 6.07) is 12.0. The lowest BCUT2D eigenvalue weighted by Gasteiger charge is -2.12. The predicted octanol–water partition coefficient (Wildman–Crippen LogP) is 4.62. The van der Waals surface area contributed by atoms with Gasteiger partial charge in [-0.2, -0.15) is 0 Å². The van der Waals surface area contributed by atoms with Crippen molar-refractivity contribution in [3.05, 3.63) is 77.1 Å². The number of nitrogens with zero attached hydrogens (tertiary/aromatic N) is 1. The highest BCUT2D eigenvalue weighted by Crippen LogP contribution is 2.33. The number of pyridine rings is 1. The number of rotatable bonds is 8. The number of ether oxygens (including phenoxy) is 2. The molecule has 0 aliphatic heterocycles. The van der Waals surface area contributed by atoms with Gasteiger partial charge in [-0.3, -0.25) is 9.78 Å². The van der Waals surface area contributed by atoms with E-state index in [1.807, 2.05) is 13.0 Å². The van der Waals surface area contributed by atoms with Crippen LogP contribution in [0.5, 0.6) is 11.5 Å².